The first kappa shape index (κ1) is 30.2. The maximum Gasteiger partial charge on any atom is 0.421 e. The number of halogens is 1. The molecule has 2 heterocycles. The van der Waals surface area contributed by atoms with Crippen molar-refractivity contribution in [3.63, 3.8) is 0 Å². The topological polar surface area (TPSA) is 103 Å². The van der Waals surface area contributed by atoms with Gasteiger partial charge < -0.3 is 9.30 Å². The highest BCUT2D eigenvalue weighted by atomic mass is 32.2. The Morgan fingerprint density at radius 2 is 1.80 bits per heavy atom. The number of imidazole rings is 1. The zero-order chi connectivity index (χ0) is 29.7. The third-order valence-corrected chi connectivity index (χ3v) is 8.30. The number of nitrogens with zero attached hydrogens (tertiary/aromatic N) is 3. The van der Waals surface area contributed by atoms with Crippen LogP contribution in [0.3, 0.4) is 0 Å². The molecule has 4 aromatic rings. The fraction of sp³-hybridized carbons (Fsp3) is 0.387. The summed E-state index contributed by atoms with van der Waals surface area (Å²) < 4.78 is 51.1. The summed E-state index contributed by atoms with van der Waals surface area (Å²) in [4.78, 5) is 21.5. The second-order valence-corrected chi connectivity index (χ2v) is 11.9. The SMILES string of the molecule is CCCCOC(=O)NS(=O)(=O)c1ccc(CCC)cc1-c1ccc(Cn2c(CC)nc3c(C)cc(C)nc32)c(F)c1. The van der Waals surface area contributed by atoms with Gasteiger partial charge in [0.15, 0.2) is 5.65 Å². The molecule has 2 aromatic carbocycles. The molecule has 0 unspecified atom stereocenters. The number of sulfonamides is 1. The maximum atomic E-state index is 15.7. The molecule has 1 N–H and O–H groups in total. The van der Waals surface area contributed by atoms with Gasteiger partial charge in [-0.25, -0.2) is 32.3 Å². The van der Waals surface area contributed by atoms with Crippen molar-refractivity contribution in [3.05, 3.63) is 76.5 Å². The van der Waals surface area contributed by atoms with Crippen LogP contribution in [0.1, 0.15) is 68.2 Å². The highest BCUT2D eigenvalue weighted by molar-refractivity contribution is 7.90. The molecule has 8 nitrogen and oxygen atoms in total. The van der Waals surface area contributed by atoms with Crippen molar-refractivity contribution >= 4 is 27.3 Å². The molecule has 0 aliphatic carbocycles. The van der Waals surface area contributed by atoms with Gasteiger partial charge in [-0.15, -0.1) is 0 Å². The average Bonchev–Trinajstić information content (AvgIpc) is 3.27. The van der Waals surface area contributed by atoms with Crippen LogP contribution in [0.2, 0.25) is 0 Å². The summed E-state index contributed by atoms with van der Waals surface area (Å²) in [6.45, 7) is 10.2. The second-order valence-electron chi connectivity index (χ2n) is 10.2. The third kappa shape index (κ3) is 6.75. The number of benzene rings is 2. The summed E-state index contributed by atoms with van der Waals surface area (Å²) in [5.74, 6) is 0.328. The van der Waals surface area contributed by atoms with Crippen LogP contribution in [-0.2, 0) is 34.1 Å². The Labute approximate surface area is 241 Å². The summed E-state index contributed by atoms with van der Waals surface area (Å²) in [5.41, 5.74) is 5.42. The summed E-state index contributed by atoms with van der Waals surface area (Å²) in [6.07, 6.45) is 2.62. The zero-order valence-corrected chi connectivity index (χ0v) is 25.1. The normalized spacial score (nSPS) is 11.7. The third-order valence-electron chi connectivity index (χ3n) is 6.93. The molecule has 0 radical (unpaired) electrons. The molecule has 10 heteroatoms. The standard InChI is InChI=1S/C31H37FN4O4S/c1-6-9-15-40-31(37)35-41(38,39)27-14-11-22(10-7-2)17-25(27)23-12-13-24(26(32)18-23)19-36-28(8-3)34-29-20(4)16-21(5)33-30(29)36/h11-14,16-18H,6-10,15,19H2,1-5H3,(H,35,37). The quantitative estimate of drug-likeness (QED) is 0.200. The van der Waals surface area contributed by atoms with Crippen LogP contribution < -0.4 is 4.72 Å². The number of nitrogens with one attached hydrogen (secondary N) is 1. The lowest BCUT2D eigenvalue weighted by Gasteiger charge is -2.15. The molecular formula is C31H37FN4O4S. The number of hydrogen-bond acceptors (Lipinski definition) is 6. The number of unbranched alkanes of at least 4 members (excludes halogenated alkanes) is 1. The molecule has 0 saturated heterocycles. The summed E-state index contributed by atoms with van der Waals surface area (Å²) in [5, 5.41) is 0. The van der Waals surface area contributed by atoms with Crippen LogP contribution in [0, 0.1) is 19.7 Å². The molecule has 0 aliphatic heterocycles. The van der Waals surface area contributed by atoms with Gasteiger partial charge >= 0.3 is 6.09 Å². The molecule has 0 saturated carbocycles. The Bertz CT molecular complexity index is 1680. The fourth-order valence-electron chi connectivity index (χ4n) is 4.88. The van der Waals surface area contributed by atoms with Crippen molar-refractivity contribution in [2.45, 2.75) is 78.2 Å². The lowest BCUT2D eigenvalue weighted by atomic mass is 9.99. The van der Waals surface area contributed by atoms with E-state index in [1.54, 1.807) is 24.3 Å². The molecule has 2 aromatic heterocycles. The van der Waals surface area contributed by atoms with Crippen molar-refractivity contribution in [2.75, 3.05) is 6.61 Å². The zero-order valence-electron chi connectivity index (χ0n) is 24.3. The van der Waals surface area contributed by atoms with E-state index in [9.17, 15) is 13.2 Å². The molecule has 4 rings (SSSR count). The molecular weight excluding hydrogens is 543 g/mol. The van der Waals surface area contributed by atoms with Gasteiger partial charge in [-0.1, -0.05) is 51.8 Å². The van der Waals surface area contributed by atoms with Crippen LogP contribution in [0.5, 0.6) is 0 Å². The summed E-state index contributed by atoms with van der Waals surface area (Å²) >= 11 is 0. The van der Waals surface area contributed by atoms with E-state index in [0.29, 0.717) is 35.2 Å². The van der Waals surface area contributed by atoms with Gasteiger partial charge in [-0.3, -0.25) is 0 Å². The van der Waals surface area contributed by atoms with E-state index in [-0.39, 0.29) is 18.0 Å². The van der Waals surface area contributed by atoms with E-state index < -0.39 is 21.9 Å². The first-order valence-electron chi connectivity index (χ1n) is 14.0. The van der Waals surface area contributed by atoms with Gasteiger partial charge in [0.25, 0.3) is 10.0 Å². The van der Waals surface area contributed by atoms with E-state index in [0.717, 1.165) is 47.4 Å². The number of hydrogen-bond donors (Lipinski definition) is 1. The monoisotopic (exact) mass is 580 g/mol. The Morgan fingerprint density at radius 1 is 1.02 bits per heavy atom. The lowest BCUT2D eigenvalue weighted by Crippen LogP contribution is -2.31. The number of rotatable bonds is 11. The Balaban J connectivity index is 1.72. The van der Waals surface area contributed by atoms with E-state index in [4.69, 9.17) is 9.72 Å². The maximum absolute atomic E-state index is 15.7. The molecule has 0 bridgehead atoms. The Hall–Kier alpha value is -3.79. The largest absolute Gasteiger partial charge is 0.449 e. The number of fused-ring (bicyclic) bond motifs is 1. The van der Waals surface area contributed by atoms with Crippen molar-refractivity contribution in [1.82, 2.24) is 19.3 Å². The van der Waals surface area contributed by atoms with Gasteiger partial charge in [0.2, 0.25) is 0 Å². The summed E-state index contributed by atoms with van der Waals surface area (Å²) in [7, 11) is -4.28. The van der Waals surface area contributed by atoms with Crippen molar-refractivity contribution < 1.29 is 22.3 Å². The minimum Gasteiger partial charge on any atom is -0.449 e. The number of ether oxygens (including phenoxy) is 1. The van der Waals surface area contributed by atoms with Crippen LogP contribution in [0.25, 0.3) is 22.3 Å². The van der Waals surface area contributed by atoms with E-state index in [1.165, 1.54) is 12.1 Å². The predicted octanol–water partition coefficient (Wildman–Crippen LogP) is 6.63. The van der Waals surface area contributed by atoms with Crippen molar-refractivity contribution in [3.8, 4) is 11.1 Å². The van der Waals surface area contributed by atoms with Gasteiger partial charge in [0.1, 0.15) is 17.2 Å². The second kappa shape index (κ2) is 12.8. The minimum atomic E-state index is -4.28. The number of carbonyl (C=O) groups excluding carboxylic acids is 1. The van der Waals surface area contributed by atoms with Gasteiger partial charge in [-0.05, 0) is 67.6 Å². The van der Waals surface area contributed by atoms with E-state index in [2.05, 4.69) is 4.98 Å². The highest BCUT2D eigenvalue weighted by Gasteiger charge is 2.24. The lowest BCUT2D eigenvalue weighted by molar-refractivity contribution is 0.151. The average molecular weight is 581 g/mol. The van der Waals surface area contributed by atoms with Crippen LogP contribution >= 0.6 is 0 Å². The van der Waals surface area contributed by atoms with Gasteiger partial charge in [0.05, 0.1) is 18.0 Å². The molecule has 0 aliphatic rings. The number of pyridine rings is 1. The van der Waals surface area contributed by atoms with Crippen LogP contribution in [-0.4, -0.2) is 35.7 Å². The fourth-order valence-corrected chi connectivity index (χ4v) is 5.98. The van der Waals surface area contributed by atoms with Crippen molar-refractivity contribution in [1.29, 1.82) is 0 Å². The smallest absolute Gasteiger partial charge is 0.421 e. The van der Waals surface area contributed by atoms with E-state index in [1.807, 2.05) is 50.0 Å². The molecule has 0 atom stereocenters. The highest BCUT2D eigenvalue weighted by Crippen LogP contribution is 2.31. The van der Waals surface area contributed by atoms with Crippen LogP contribution in [0.15, 0.2) is 47.4 Å². The van der Waals surface area contributed by atoms with Gasteiger partial charge in [0, 0.05) is 23.2 Å². The molecule has 1 amide bonds. The molecule has 0 fully saturated rings. The first-order chi connectivity index (χ1) is 19.6. The Morgan fingerprint density at radius 3 is 2.49 bits per heavy atom. The number of amides is 1. The molecule has 218 valence electrons. The van der Waals surface area contributed by atoms with Crippen molar-refractivity contribution in [2.24, 2.45) is 0 Å². The molecule has 0 spiro atoms. The van der Waals surface area contributed by atoms with Gasteiger partial charge in [-0.2, -0.15) is 0 Å². The van der Waals surface area contributed by atoms with Crippen LogP contribution in [0.4, 0.5) is 9.18 Å². The number of aryl methyl sites for hydroxylation is 4. The molecule has 41 heavy (non-hydrogen) atoms. The first-order valence-corrected chi connectivity index (χ1v) is 15.5. The Kier molecular flexibility index (Phi) is 9.42. The number of aromatic nitrogens is 3. The predicted molar refractivity (Wildman–Crippen MR) is 158 cm³/mol. The minimum absolute atomic E-state index is 0.118. The summed E-state index contributed by atoms with van der Waals surface area (Å²) in [6, 6.07) is 11.6. The number of carbonyl (C=O) groups is 1. The van der Waals surface area contributed by atoms with E-state index >= 15 is 4.39 Å².